The van der Waals surface area contributed by atoms with Crippen LogP contribution in [0.2, 0.25) is 0 Å². The quantitative estimate of drug-likeness (QED) is 0.347. The normalized spacial score (nSPS) is 17.4. The minimum Gasteiger partial charge on any atom is -0.489 e. The first-order chi connectivity index (χ1) is 18.3. The van der Waals surface area contributed by atoms with Gasteiger partial charge in [-0.2, -0.15) is 0 Å². The zero-order valence-corrected chi connectivity index (χ0v) is 22.8. The van der Waals surface area contributed by atoms with Crippen molar-refractivity contribution in [2.75, 3.05) is 6.54 Å². The summed E-state index contributed by atoms with van der Waals surface area (Å²) in [7, 11) is 1.87. The Morgan fingerprint density at radius 1 is 1.16 bits per heavy atom. The Kier molecular flexibility index (Phi) is 7.21. The molecule has 0 saturated carbocycles. The van der Waals surface area contributed by atoms with Gasteiger partial charge in [-0.05, 0) is 60.2 Å². The number of carboxylic acid groups (broad SMARTS) is 1. The third kappa shape index (κ3) is 4.90. The summed E-state index contributed by atoms with van der Waals surface area (Å²) in [4.78, 5) is 14.7. The summed E-state index contributed by atoms with van der Waals surface area (Å²) in [6.07, 6.45) is 1.06. The first-order valence-corrected chi connectivity index (χ1v) is 13.3. The van der Waals surface area contributed by atoms with E-state index in [4.69, 9.17) is 4.74 Å². The fraction of sp³-hybridized carbons (Fsp3) is 0.387. The van der Waals surface area contributed by atoms with Crippen molar-refractivity contribution in [3.05, 3.63) is 88.0 Å². The molecule has 3 aromatic carbocycles. The highest BCUT2D eigenvalue weighted by molar-refractivity contribution is 5.80. The number of aromatic nitrogens is 3. The number of hydrogen-bond donors (Lipinski definition) is 1. The molecule has 1 aliphatic heterocycles. The number of ether oxygens (including phenoxy) is 1. The molecule has 0 bridgehead atoms. The number of para-hydroxylation sites is 1. The van der Waals surface area contributed by atoms with Gasteiger partial charge in [0.05, 0.1) is 11.4 Å². The zero-order chi connectivity index (χ0) is 27.0. The monoisotopic (exact) mass is 512 g/mol. The van der Waals surface area contributed by atoms with Crippen molar-refractivity contribution in [2.45, 2.75) is 59.2 Å². The molecule has 0 radical (unpaired) electrons. The third-order valence-electron chi connectivity index (χ3n) is 8.01. The molecule has 7 heteroatoms. The number of rotatable bonds is 7. The zero-order valence-electron chi connectivity index (χ0n) is 22.8. The van der Waals surface area contributed by atoms with Crippen LogP contribution in [0.3, 0.4) is 0 Å². The Hall–Kier alpha value is -3.71. The molecule has 1 aliphatic rings. The molecule has 3 atom stereocenters. The van der Waals surface area contributed by atoms with E-state index in [0.29, 0.717) is 0 Å². The predicted molar refractivity (Wildman–Crippen MR) is 148 cm³/mol. The molecule has 1 aromatic heterocycles. The van der Waals surface area contributed by atoms with Gasteiger partial charge in [-0.15, -0.1) is 5.10 Å². The second-order valence-corrected chi connectivity index (χ2v) is 10.6. The first kappa shape index (κ1) is 25.9. The van der Waals surface area contributed by atoms with Gasteiger partial charge in [-0.1, -0.05) is 61.5 Å². The molecule has 7 nitrogen and oxygen atoms in total. The van der Waals surface area contributed by atoms with Gasteiger partial charge < -0.3 is 9.84 Å². The average molecular weight is 513 g/mol. The Labute approximate surface area is 224 Å². The molecule has 2 heterocycles. The Morgan fingerprint density at radius 2 is 1.95 bits per heavy atom. The van der Waals surface area contributed by atoms with Crippen LogP contribution in [0.5, 0.6) is 5.75 Å². The molecule has 2 unspecified atom stereocenters. The maximum absolute atomic E-state index is 12.3. The molecule has 0 fully saturated rings. The molecular formula is C31H36N4O3. The molecule has 0 spiro atoms. The van der Waals surface area contributed by atoms with Gasteiger partial charge >= 0.3 is 5.97 Å². The summed E-state index contributed by atoms with van der Waals surface area (Å²) in [5.74, 6) is -0.767. The third-order valence-corrected chi connectivity index (χ3v) is 8.01. The highest BCUT2D eigenvalue weighted by Gasteiger charge is 2.30. The van der Waals surface area contributed by atoms with Crippen molar-refractivity contribution >= 4 is 17.0 Å². The average Bonchev–Trinajstić information content (AvgIpc) is 3.18. The van der Waals surface area contributed by atoms with Crippen LogP contribution in [0.4, 0.5) is 0 Å². The van der Waals surface area contributed by atoms with E-state index in [9.17, 15) is 9.90 Å². The number of carbonyl (C=O) groups is 1. The molecule has 0 saturated heterocycles. The fourth-order valence-electron chi connectivity index (χ4n) is 5.65. The van der Waals surface area contributed by atoms with Crippen molar-refractivity contribution in [3.63, 3.8) is 0 Å². The lowest BCUT2D eigenvalue weighted by Crippen LogP contribution is -2.32. The van der Waals surface area contributed by atoms with Crippen LogP contribution in [0, 0.1) is 19.8 Å². The molecule has 5 rings (SSSR count). The molecule has 38 heavy (non-hydrogen) atoms. The predicted octanol–water partition coefficient (Wildman–Crippen LogP) is 5.61. The molecule has 1 N–H and O–H groups in total. The minimum absolute atomic E-state index is 0.128. The van der Waals surface area contributed by atoms with E-state index in [1.165, 1.54) is 16.7 Å². The van der Waals surface area contributed by atoms with Crippen LogP contribution in [0.15, 0.2) is 54.6 Å². The highest BCUT2D eigenvalue weighted by Crippen LogP contribution is 2.37. The van der Waals surface area contributed by atoms with Gasteiger partial charge in [0.2, 0.25) is 0 Å². The highest BCUT2D eigenvalue weighted by atomic mass is 16.5. The van der Waals surface area contributed by atoms with Gasteiger partial charge in [0.25, 0.3) is 0 Å². The number of carboxylic acids is 1. The van der Waals surface area contributed by atoms with E-state index in [2.05, 4.69) is 65.5 Å². The van der Waals surface area contributed by atoms with E-state index in [-0.39, 0.29) is 12.0 Å². The summed E-state index contributed by atoms with van der Waals surface area (Å²) in [5.41, 5.74) is 8.31. The van der Waals surface area contributed by atoms with Crippen molar-refractivity contribution in [1.82, 2.24) is 19.9 Å². The smallest absolute Gasteiger partial charge is 0.307 e. The van der Waals surface area contributed by atoms with E-state index in [1.807, 2.05) is 32.2 Å². The van der Waals surface area contributed by atoms with Crippen LogP contribution in [-0.4, -0.2) is 43.6 Å². The van der Waals surface area contributed by atoms with Crippen LogP contribution in [0.25, 0.3) is 11.0 Å². The number of aliphatic carboxylic acids is 1. The van der Waals surface area contributed by atoms with Crippen molar-refractivity contribution in [1.29, 1.82) is 0 Å². The van der Waals surface area contributed by atoms with Crippen molar-refractivity contribution in [2.24, 2.45) is 13.0 Å². The fourth-order valence-corrected chi connectivity index (χ4v) is 5.65. The number of aryl methyl sites for hydroxylation is 3. The second kappa shape index (κ2) is 10.6. The maximum Gasteiger partial charge on any atom is 0.307 e. The number of fused-ring (bicyclic) bond motifs is 2. The molecule has 4 aromatic rings. The largest absolute Gasteiger partial charge is 0.489 e. The lowest BCUT2D eigenvalue weighted by Gasteiger charge is -2.27. The SMILES string of the molecule is CCC1CN(Cc2cc([C@@H](c3ccc4c(nnn4C)c3C)C(C)C(=O)O)ccc2C)Cc2ccccc2O1. The standard InChI is InChI=1S/C31H36N4O3/c1-6-25-18-35(16-23-9-7-8-10-28(23)38-25)17-24-15-22(12-11-19(24)2)29(21(4)31(36)37)26-13-14-27-30(20(26)3)32-33-34(27)5/h7-15,21,25,29H,6,16-18H2,1-5H3,(H,36,37)/t21?,25?,29-/m0/s1. The van der Waals surface area contributed by atoms with Crippen molar-refractivity contribution < 1.29 is 14.6 Å². The Bertz CT molecular complexity index is 1480. The van der Waals surface area contributed by atoms with Crippen LogP contribution < -0.4 is 4.74 Å². The van der Waals surface area contributed by atoms with Gasteiger partial charge in [-0.25, -0.2) is 4.68 Å². The van der Waals surface area contributed by atoms with Gasteiger partial charge in [0, 0.05) is 38.2 Å². The van der Waals surface area contributed by atoms with E-state index < -0.39 is 11.9 Å². The first-order valence-electron chi connectivity index (χ1n) is 13.3. The minimum atomic E-state index is -0.817. The molecule has 0 aliphatic carbocycles. The Morgan fingerprint density at radius 3 is 2.71 bits per heavy atom. The van der Waals surface area contributed by atoms with Crippen LogP contribution in [0.1, 0.15) is 59.6 Å². The molecular weight excluding hydrogens is 476 g/mol. The number of benzene rings is 3. The summed E-state index contributed by atoms with van der Waals surface area (Å²) >= 11 is 0. The maximum atomic E-state index is 12.3. The topological polar surface area (TPSA) is 80.5 Å². The van der Waals surface area contributed by atoms with Gasteiger partial charge in [0.1, 0.15) is 17.4 Å². The van der Waals surface area contributed by atoms with Gasteiger partial charge in [0.15, 0.2) is 0 Å². The van der Waals surface area contributed by atoms with Crippen LogP contribution >= 0.6 is 0 Å². The number of nitrogens with zero attached hydrogens (tertiary/aromatic N) is 4. The summed E-state index contributed by atoms with van der Waals surface area (Å²) in [6, 6.07) is 18.7. The second-order valence-electron chi connectivity index (χ2n) is 10.6. The van der Waals surface area contributed by atoms with Gasteiger partial charge in [-0.3, -0.25) is 9.69 Å². The number of hydrogen-bond acceptors (Lipinski definition) is 5. The summed E-state index contributed by atoms with van der Waals surface area (Å²) in [5, 5.41) is 18.6. The van der Waals surface area contributed by atoms with E-state index >= 15 is 0 Å². The van der Waals surface area contributed by atoms with E-state index in [1.54, 1.807) is 11.6 Å². The molecule has 198 valence electrons. The summed E-state index contributed by atoms with van der Waals surface area (Å²) < 4.78 is 8.06. The molecule has 0 amide bonds. The lowest BCUT2D eigenvalue weighted by molar-refractivity contribution is -0.141. The lowest BCUT2D eigenvalue weighted by atomic mass is 9.79. The van der Waals surface area contributed by atoms with Crippen molar-refractivity contribution in [3.8, 4) is 5.75 Å². The van der Waals surface area contributed by atoms with Crippen LogP contribution in [-0.2, 0) is 24.9 Å². The Balaban J connectivity index is 1.53. The summed E-state index contributed by atoms with van der Waals surface area (Å²) in [6.45, 7) is 10.5. The van der Waals surface area contributed by atoms with E-state index in [0.717, 1.165) is 59.5 Å².